The highest BCUT2D eigenvalue weighted by Gasteiger charge is 2.37. The molecule has 1 aliphatic carbocycles. The number of thioether (sulfide) groups is 1. The van der Waals surface area contributed by atoms with E-state index in [4.69, 9.17) is 0 Å². The molecule has 1 atom stereocenters. The zero-order valence-electron chi connectivity index (χ0n) is 14.5. The number of carbonyl (C=O) groups is 1. The van der Waals surface area contributed by atoms with Gasteiger partial charge < -0.3 is 10.3 Å². The summed E-state index contributed by atoms with van der Waals surface area (Å²) in [5.41, 5.74) is 2.22. The van der Waals surface area contributed by atoms with Crippen LogP contribution in [0.15, 0.2) is 58.1 Å². The Morgan fingerprint density at radius 2 is 2.04 bits per heavy atom. The highest BCUT2D eigenvalue weighted by molar-refractivity contribution is 7.99. The maximum absolute atomic E-state index is 13.4. The van der Waals surface area contributed by atoms with Gasteiger partial charge in [-0.1, -0.05) is 30.0 Å². The van der Waals surface area contributed by atoms with E-state index in [0.29, 0.717) is 39.8 Å². The molecule has 0 amide bonds. The zero-order valence-corrected chi connectivity index (χ0v) is 15.4. The third-order valence-electron chi connectivity index (χ3n) is 4.78. The minimum absolute atomic E-state index is 0.0215. The Hall–Kier alpha value is -2.67. The molecule has 0 fully saturated rings. The minimum atomic E-state index is -0.542. The first-order valence-electron chi connectivity index (χ1n) is 8.75. The number of halogens is 1. The first-order valence-corrected chi connectivity index (χ1v) is 9.73. The number of hydrogen-bond acceptors (Lipinski definition) is 5. The van der Waals surface area contributed by atoms with Crippen LogP contribution in [0.4, 0.5) is 10.2 Å². The van der Waals surface area contributed by atoms with Gasteiger partial charge in [-0.25, -0.2) is 9.37 Å². The minimum Gasteiger partial charge on any atom is -0.343 e. The Bertz CT molecular complexity index is 1010. The molecule has 0 spiro atoms. The highest BCUT2D eigenvalue weighted by atomic mass is 32.2. The molecule has 2 N–H and O–H groups in total. The zero-order chi connectivity index (χ0) is 19.0. The SMILES string of the molecule is C=CCSc1nc2c(c(=O)[nH]1)C(c1ccc(F)cc1)C1=C(CCCC1=O)N2. The summed E-state index contributed by atoms with van der Waals surface area (Å²) in [5.74, 6) is 0.205. The van der Waals surface area contributed by atoms with Crippen molar-refractivity contribution in [2.45, 2.75) is 30.3 Å². The molecule has 0 radical (unpaired) electrons. The second kappa shape index (κ2) is 7.15. The van der Waals surface area contributed by atoms with Gasteiger partial charge in [-0.2, -0.15) is 0 Å². The lowest BCUT2D eigenvalue weighted by molar-refractivity contribution is -0.116. The number of Topliss-reactive ketones (excluding diaryl/α,β-unsaturated/α-hetero) is 1. The molecule has 27 heavy (non-hydrogen) atoms. The van der Waals surface area contributed by atoms with Gasteiger partial charge in [-0.15, -0.1) is 6.58 Å². The Morgan fingerprint density at radius 3 is 2.78 bits per heavy atom. The van der Waals surface area contributed by atoms with Crippen LogP contribution >= 0.6 is 11.8 Å². The van der Waals surface area contributed by atoms with Crippen LogP contribution in [0.25, 0.3) is 0 Å². The maximum Gasteiger partial charge on any atom is 0.257 e. The molecule has 0 bridgehead atoms. The van der Waals surface area contributed by atoms with Crippen molar-refractivity contribution >= 4 is 23.4 Å². The lowest BCUT2D eigenvalue weighted by Crippen LogP contribution is -2.32. The number of carbonyl (C=O) groups excluding carboxylic acids is 1. The summed E-state index contributed by atoms with van der Waals surface area (Å²) < 4.78 is 13.4. The van der Waals surface area contributed by atoms with Crippen molar-refractivity contribution in [2.75, 3.05) is 11.1 Å². The van der Waals surface area contributed by atoms with Gasteiger partial charge in [0.15, 0.2) is 10.9 Å². The maximum atomic E-state index is 13.4. The van der Waals surface area contributed by atoms with Crippen LogP contribution in [0.2, 0.25) is 0 Å². The number of H-pyrrole nitrogens is 1. The van der Waals surface area contributed by atoms with Crippen molar-refractivity contribution in [3.8, 4) is 0 Å². The lowest BCUT2D eigenvalue weighted by Gasteiger charge is -2.32. The van der Waals surface area contributed by atoms with E-state index >= 15 is 0 Å². The van der Waals surface area contributed by atoms with E-state index in [0.717, 1.165) is 18.5 Å². The quantitative estimate of drug-likeness (QED) is 0.478. The molecule has 2 aromatic rings. The molecule has 4 rings (SSSR count). The van der Waals surface area contributed by atoms with E-state index in [2.05, 4.69) is 21.9 Å². The highest BCUT2D eigenvalue weighted by Crippen LogP contribution is 2.43. The van der Waals surface area contributed by atoms with E-state index < -0.39 is 5.92 Å². The number of rotatable bonds is 4. The molecule has 1 aromatic heterocycles. The van der Waals surface area contributed by atoms with Crippen molar-refractivity contribution in [2.24, 2.45) is 0 Å². The number of allylic oxidation sites excluding steroid dienone is 2. The summed E-state index contributed by atoms with van der Waals surface area (Å²) in [5, 5.41) is 3.71. The van der Waals surface area contributed by atoms with Crippen LogP contribution in [0.5, 0.6) is 0 Å². The molecule has 0 saturated heterocycles. The molecule has 0 saturated carbocycles. The summed E-state index contributed by atoms with van der Waals surface area (Å²) in [6.45, 7) is 3.67. The average Bonchev–Trinajstić information content (AvgIpc) is 2.65. The number of aromatic nitrogens is 2. The van der Waals surface area contributed by atoms with Crippen LogP contribution in [0, 0.1) is 5.82 Å². The van der Waals surface area contributed by atoms with E-state index in [1.54, 1.807) is 18.2 Å². The molecule has 5 nitrogen and oxygen atoms in total. The summed E-state index contributed by atoms with van der Waals surface area (Å²) in [6, 6.07) is 5.95. The summed E-state index contributed by atoms with van der Waals surface area (Å²) in [7, 11) is 0. The van der Waals surface area contributed by atoms with Crippen LogP contribution in [0.3, 0.4) is 0 Å². The van der Waals surface area contributed by atoms with Gasteiger partial charge in [0.2, 0.25) is 0 Å². The number of nitrogens with zero attached hydrogens (tertiary/aromatic N) is 1. The van der Waals surface area contributed by atoms with Gasteiger partial charge in [0.1, 0.15) is 11.6 Å². The largest absolute Gasteiger partial charge is 0.343 e. The number of fused-ring (bicyclic) bond motifs is 1. The van der Waals surface area contributed by atoms with Crippen molar-refractivity contribution in [1.82, 2.24) is 9.97 Å². The van der Waals surface area contributed by atoms with E-state index in [1.165, 1.54) is 23.9 Å². The topological polar surface area (TPSA) is 74.8 Å². The fourth-order valence-electron chi connectivity index (χ4n) is 3.64. The van der Waals surface area contributed by atoms with Crippen molar-refractivity contribution < 1.29 is 9.18 Å². The smallest absolute Gasteiger partial charge is 0.257 e. The predicted molar refractivity (Wildman–Crippen MR) is 104 cm³/mol. The standard InChI is InChI=1S/C20H18FN3O2S/c1-2-10-27-20-23-18-17(19(26)24-20)15(11-6-8-12(21)9-7-11)16-13(22-18)4-3-5-14(16)25/h2,6-9,15H,1,3-5,10H2,(H2,22,23,24,26). The van der Waals surface area contributed by atoms with Crippen LogP contribution in [0.1, 0.15) is 36.3 Å². The monoisotopic (exact) mass is 383 g/mol. The number of anilines is 1. The third kappa shape index (κ3) is 3.23. The van der Waals surface area contributed by atoms with Gasteiger partial charge in [-0.3, -0.25) is 9.59 Å². The Balaban J connectivity index is 1.90. The molecule has 2 aliphatic rings. The number of benzene rings is 1. The molecular weight excluding hydrogens is 365 g/mol. The Morgan fingerprint density at radius 1 is 1.26 bits per heavy atom. The van der Waals surface area contributed by atoms with Crippen molar-refractivity contribution in [1.29, 1.82) is 0 Å². The second-order valence-corrected chi connectivity index (χ2v) is 7.52. The van der Waals surface area contributed by atoms with Crippen LogP contribution in [-0.4, -0.2) is 21.5 Å². The number of nitrogens with one attached hydrogen (secondary N) is 2. The molecular formula is C20H18FN3O2S. The van der Waals surface area contributed by atoms with Gasteiger partial charge in [0.05, 0.1) is 5.56 Å². The van der Waals surface area contributed by atoms with E-state index in [9.17, 15) is 14.0 Å². The van der Waals surface area contributed by atoms with Crippen LogP contribution in [-0.2, 0) is 4.79 Å². The van der Waals surface area contributed by atoms with Crippen molar-refractivity contribution in [3.05, 3.63) is 75.5 Å². The van der Waals surface area contributed by atoms with Gasteiger partial charge in [0.25, 0.3) is 5.56 Å². The second-order valence-electron chi connectivity index (χ2n) is 6.51. The number of ketones is 1. The Kier molecular flexibility index (Phi) is 4.70. The first kappa shape index (κ1) is 17.7. The fraction of sp³-hybridized carbons (Fsp3) is 0.250. The molecule has 1 aromatic carbocycles. The van der Waals surface area contributed by atoms with Gasteiger partial charge in [-0.05, 0) is 30.5 Å². The first-order chi connectivity index (χ1) is 13.1. The fourth-order valence-corrected chi connectivity index (χ4v) is 4.23. The summed E-state index contributed by atoms with van der Waals surface area (Å²) >= 11 is 1.38. The normalized spacial score (nSPS) is 18.6. The third-order valence-corrected chi connectivity index (χ3v) is 5.65. The predicted octanol–water partition coefficient (Wildman–Crippen LogP) is 3.75. The summed E-state index contributed by atoms with van der Waals surface area (Å²) in [4.78, 5) is 32.9. The van der Waals surface area contributed by atoms with E-state index in [1.807, 2.05) is 0 Å². The van der Waals surface area contributed by atoms with Crippen LogP contribution < -0.4 is 10.9 Å². The van der Waals surface area contributed by atoms with Crippen molar-refractivity contribution in [3.63, 3.8) is 0 Å². The van der Waals surface area contributed by atoms with Gasteiger partial charge >= 0.3 is 0 Å². The number of aromatic amines is 1. The molecule has 1 aliphatic heterocycles. The lowest BCUT2D eigenvalue weighted by atomic mass is 9.76. The molecule has 7 heteroatoms. The van der Waals surface area contributed by atoms with E-state index in [-0.39, 0.29) is 17.2 Å². The van der Waals surface area contributed by atoms with Gasteiger partial charge in [0, 0.05) is 29.4 Å². The molecule has 2 heterocycles. The molecule has 1 unspecified atom stereocenters. The Labute approximate surface area is 159 Å². The summed E-state index contributed by atoms with van der Waals surface area (Å²) in [6.07, 6.45) is 3.67. The molecule has 138 valence electrons. The number of hydrogen-bond donors (Lipinski definition) is 2. The average molecular weight is 383 g/mol.